The highest BCUT2D eigenvalue weighted by atomic mass is 79.9. The van der Waals surface area contributed by atoms with Gasteiger partial charge in [-0.25, -0.2) is 4.39 Å². The van der Waals surface area contributed by atoms with Gasteiger partial charge in [-0.3, -0.25) is 9.48 Å². The number of carbonyl (C=O) groups is 1. The van der Waals surface area contributed by atoms with Crippen LogP contribution in [0.1, 0.15) is 16.1 Å². The average molecular weight is 327 g/mol. The number of rotatable bonds is 2. The zero-order valence-electron chi connectivity index (χ0n) is 10.4. The van der Waals surface area contributed by atoms with Crippen molar-refractivity contribution in [3.8, 4) is 0 Å². The van der Waals surface area contributed by atoms with Crippen LogP contribution in [0, 0.1) is 12.7 Å². The highest BCUT2D eigenvalue weighted by Gasteiger charge is 2.18. The standard InChI is InChI=1S/C12H12BrFN4O/c1-6-10(15)11(18(2)17-6)16-12(19)7-4-3-5-8(13)9(7)14/h3-5H,15H2,1-2H3,(H,16,19). The van der Waals surface area contributed by atoms with Gasteiger partial charge in [0.05, 0.1) is 21.4 Å². The number of carbonyl (C=O) groups excluding carboxylic acids is 1. The van der Waals surface area contributed by atoms with Crippen molar-refractivity contribution in [3.05, 3.63) is 39.7 Å². The van der Waals surface area contributed by atoms with Crippen LogP contribution in [0.15, 0.2) is 22.7 Å². The van der Waals surface area contributed by atoms with Gasteiger partial charge in [0.25, 0.3) is 5.91 Å². The lowest BCUT2D eigenvalue weighted by atomic mass is 10.2. The molecule has 1 aromatic carbocycles. The van der Waals surface area contributed by atoms with Crippen molar-refractivity contribution in [2.45, 2.75) is 6.92 Å². The lowest BCUT2D eigenvalue weighted by Crippen LogP contribution is -2.17. The van der Waals surface area contributed by atoms with Gasteiger partial charge in [0, 0.05) is 7.05 Å². The first-order valence-electron chi connectivity index (χ1n) is 5.46. The third-order valence-corrected chi connectivity index (χ3v) is 3.31. The van der Waals surface area contributed by atoms with Crippen LogP contribution in [-0.2, 0) is 7.05 Å². The summed E-state index contributed by atoms with van der Waals surface area (Å²) in [6, 6.07) is 4.50. The molecule has 0 atom stereocenters. The molecule has 2 aromatic rings. The second kappa shape index (κ2) is 5.00. The Hall–Kier alpha value is -1.89. The Bertz CT molecular complexity index is 653. The quantitative estimate of drug-likeness (QED) is 0.890. The van der Waals surface area contributed by atoms with Crippen LogP contribution in [0.4, 0.5) is 15.9 Å². The molecule has 0 bridgehead atoms. The van der Waals surface area contributed by atoms with Crippen LogP contribution in [0.5, 0.6) is 0 Å². The summed E-state index contributed by atoms with van der Waals surface area (Å²) in [7, 11) is 1.65. The van der Waals surface area contributed by atoms with E-state index in [9.17, 15) is 9.18 Å². The van der Waals surface area contributed by atoms with Crippen LogP contribution in [0.25, 0.3) is 0 Å². The second-order valence-corrected chi connectivity index (χ2v) is 4.88. The number of aromatic nitrogens is 2. The van der Waals surface area contributed by atoms with E-state index in [1.807, 2.05) is 0 Å². The number of nitrogens with zero attached hydrogens (tertiary/aromatic N) is 2. The van der Waals surface area contributed by atoms with Crippen molar-refractivity contribution in [1.82, 2.24) is 9.78 Å². The maximum atomic E-state index is 13.8. The van der Waals surface area contributed by atoms with E-state index >= 15 is 0 Å². The molecule has 0 aliphatic heterocycles. The molecule has 3 N–H and O–H groups in total. The first-order chi connectivity index (χ1) is 8.91. The zero-order chi connectivity index (χ0) is 14.2. The lowest BCUT2D eigenvalue weighted by Gasteiger charge is -2.08. The summed E-state index contributed by atoms with van der Waals surface area (Å²) in [5.74, 6) is -0.840. The number of amides is 1. The molecular formula is C12H12BrFN4O. The molecule has 1 amide bonds. The van der Waals surface area contributed by atoms with Crippen molar-refractivity contribution >= 4 is 33.3 Å². The number of nitrogens with one attached hydrogen (secondary N) is 1. The van der Waals surface area contributed by atoms with Gasteiger partial charge in [-0.1, -0.05) is 6.07 Å². The number of nitrogen functional groups attached to an aromatic ring is 1. The number of aryl methyl sites for hydroxylation is 2. The first kappa shape index (κ1) is 13.5. The second-order valence-electron chi connectivity index (χ2n) is 4.03. The lowest BCUT2D eigenvalue weighted by molar-refractivity contribution is 0.102. The van der Waals surface area contributed by atoms with Crippen molar-refractivity contribution in [2.24, 2.45) is 7.05 Å². The fourth-order valence-electron chi connectivity index (χ4n) is 1.68. The summed E-state index contributed by atoms with van der Waals surface area (Å²) in [5, 5.41) is 6.63. The maximum absolute atomic E-state index is 13.8. The van der Waals surface area contributed by atoms with Crippen molar-refractivity contribution < 1.29 is 9.18 Å². The summed E-state index contributed by atoms with van der Waals surface area (Å²) in [4.78, 5) is 12.0. The number of hydrogen-bond donors (Lipinski definition) is 2. The normalized spacial score (nSPS) is 10.5. The highest BCUT2D eigenvalue weighted by Crippen LogP contribution is 2.23. The first-order valence-corrected chi connectivity index (χ1v) is 6.25. The van der Waals surface area contributed by atoms with Crippen molar-refractivity contribution in [1.29, 1.82) is 0 Å². The molecule has 1 aromatic heterocycles. The smallest absolute Gasteiger partial charge is 0.259 e. The number of nitrogens with two attached hydrogens (primary N) is 1. The predicted molar refractivity (Wildman–Crippen MR) is 74.4 cm³/mol. The molecule has 19 heavy (non-hydrogen) atoms. The molecule has 0 saturated carbocycles. The molecule has 7 heteroatoms. The van der Waals surface area contributed by atoms with E-state index < -0.39 is 11.7 Å². The number of halogens is 2. The van der Waals surface area contributed by atoms with Gasteiger partial charge in [-0.05, 0) is 35.0 Å². The van der Waals surface area contributed by atoms with Gasteiger partial charge in [0.2, 0.25) is 0 Å². The topological polar surface area (TPSA) is 72.9 Å². The monoisotopic (exact) mass is 326 g/mol. The zero-order valence-corrected chi connectivity index (χ0v) is 12.0. The maximum Gasteiger partial charge on any atom is 0.259 e. The Morgan fingerprint density at radius 3 is 2.79 bits per heavy atom. The minimum absolute atomic E-state index is 0.0624. The molecule has 0 saturated heterocycles. The molecule has 0 radical (unpaired) electrons. The fraction of sp³-hybridized carbons (Fsp3) is 0.167. The Morgan fingerprint density at radius 2 is 2.21 bits per heavy atom. The number of anilines is 2. The van der Waals surface area contributed by atoms with E-state index in [0.29, 0.717) is 17.2 Å². The van der Waals surface area contributed by atoms with Gasteiger partial charge < -0.3 is 11.1 Å². The molecule has 5 nitrogen and oxygen atoms in total. The SMILES string of the molecule is Cc1nn(C)c(NC(=O)c2cccc(Br)c2F)c1N. The summed E-state index contributed by atoms with van der Waals surface area (Å²) >= 11 is 3.04. The van der Waals surface area contributed by atoms with Gasteiger partial charge in [-0.2, -0.15) is 5.10 Å². The number of hydrogen-bond acceptors (Lipinski definition) is 3. The van der Waals surface area contributed by atoms with Crippen LogP contribution in [0.3, 0.4) is 0 Å². The minimum Gasteiger partial charge on any atom is -0.394 e. The summed E-state index contributed by atoms with van der Waals surface area (Å²) in [5.41, 5.74) is 6.71. The third-order valence-electron chi connectivity index (χ3n) is 2.70. The molecule has 0 unspecified atom stereocenters. The van der Waals surface area contributed by atoms with Crippen LogP contribution in [-0.4, -0.2) is 15.7 Å². The molecule has 2 rings (SSSR count). The van der Waals surface area contributed by atoms with E-state index in [1.54, 1.807) is 20.0 Å². The van der Waals surface area contributed by atoms with Crippen molar-refractivity contribution in [2.75, 3.05) is 11.1 Å². The molecule has 100 valence electrons. The number of benzene rings is 1. The Kier molecular flexibility index (Phi) is 3.57. The van der Waals surface area contributed by atoms with E-state index in [0.717, 1.165) is 0 Å². The van der Waals surface area contributed by atoms with Crippen LogP contribution < -0.4 is 11.1 Å². The van der Waals surface area contributed by atoms with E-state index in [-0.39, 0.29) is 10.0 Å². The fourth-order valence-corrected chi connectivity index (χ4v) is 2.04. The van der Waals surface area contributed by atoms with Crippen LogP contribution in [0.2, 0.25) is 0 Å². The Morgan fingerprint density at radius 1 is 1.53 bits per heavy atom. The van der Waals surface area contributed by atoms with Gasteiger partial charge in [-0.15, -0.1) is 0 Å². The molecule has 0 aliphatic carbocycles. The minimum atomic E-state index is -0.613. The summed E-state index contributed by atoms with van der Waals surface area (Å²) in [6.07, 6.45) is 0. The molecule has 1 heterocycles. The molecule has 0 spiro atoms. The highest BCUT2D eigenvalue weighted by molar-refractivity contribution is 9.10. The Balaban J connectivity index is 2.34. The van der Waals surface area contributed by atoms with E-state index in [4.69, 9.17) is 5.73 Å². The van der Waals surface area contributed by atoms with Gasteiger partial charge in [0.15, 0.2) is 5.82 Å². The molecule has 0 fully saturated rings. The van der Waals surface area contributed by atoms with Crippen LogP contribution >= 0.6 is 15.9 Å². The van der Waals surface area contributed by atoms with E-state index in [1.165, 1.54) is 16.8 Å². The largest absolute Gasteiger partial charge is 0.394 e. The van der Waals surface area contributed by atoms with E-state index in [2.05, 4.69) is 26.3 Å². The Labute approximate surface area is 117 Å². The van der Waals surface area contributed by atoms with Crippen molar-refractivity contribution in [3.63, 3.8) is 0 Å². The molecule has 0 aliphatic rings. The molecular weight excluding hydrogens is 315 g/mol. The predicted octanol–water partition coefficient (Wildman–Crippen LogP) is 2.46. The third kappa shape index (κ3) is 2.46. The van der Waals surface area contributed by atoms with Gasteiger partial charge >= 0.3 is 0 Å². The summed E-state index contributed by atoms with van der Waals surface area (Å²) < 4.78 is 15.5. The van der Waals surface area contributed by atoms with Gasteiger partial charge in [0.1, 0.15) is 5.82 Å². The average Bonchev–Trinajstić information content (AvgIpc) is 2.59. The summed E-state index contributed by atoms with van der Waals surface area (Å²) in [6.45, 7) is 1.73.